The summed E-state index contributed by atoms with van der Waals surface area (Å²) in [5, 5.41) is 33.0. The zero-order valence-electron chi connectivity index (χ0n) is 26.5. The number of carbonyl (C=O) groups excluding carboxylic acids is 1. The quantitative estimate of drug-likeness (QED) is 0.308. The zero-order valence-corrected chi connectivity index (χ0v) is 26.5. The minimum atomic E-state index is -1.04. The molecule has 8 heteroatoms. The van der Waals surface area contributed by atoms with Crippen molar-refractivity contribution in [3.05, 3.63) is 47.2 Å². The number of ether oxygens (including phenoxy) is 2. The third kappa shape index (κ3) is 4.99. The molecule has 3 heterocycles. The van der Waals surface area contributed by atoms with Crippen LogP contribution in [0.3, 0.4) is 0 Å². The van der Waals surface area contributed by atoms with Crippen molar-refractivity contribution in [3.8, 4) is 0 Å². The smallest absolute Gasteiger partial charge is 0.195 e. The Morgan fingerprint density at radius 2 is 1.86 bits per heavy atom. The lowest BCUT2D eigenvalue weighted by molar-refractivity contribution is -0.234. The van der Waals surface area contributed by atoms with Gasteiger partial charge < -0.3 is 40.2 Å². The number of para-hydroxylation sites is 1. The Bertz CT molecular complexity index is 1320. The molecule has 1 aromatic heterocycles. The Kier molecular flexibility index (Phi) is 9.55. The Labute approximate surface area is 250 Å². The number of aldehydes is 1. The van der Waals surface area contributed by atoms with Crippen LogP contribution in [0.4, 0.5) is 0 Å². The Morgan fingerprint density at radius 1 is 1.17 bits per heavy atom. The fourth-order valence-corrected chi connectivity index (χ4v) is 8.26. The van der Waals surface area contributed by atoms with E-state index in [2.05, 4.69) is 48.4 Å². The van der Waals surface area contributed by atoms with Crippen LogP contribution in [0.15, 0.2) is 35.9 Å². The van der Waals surface area contributed by atoms with E-state index in [-0.39, 0.29) is 24.0 Å². The second-order valence-corrected chi connectivity index (χ2v) is 12.7. The number of fused-ring (bicyclic) bond motifs is 9. The fraction of sp³-hybridized carbons (Fsp3) is 0.647. The molecule has 1 aromatic carbocycles. The predicted molar refractivity (Wildman–Crippen MR) is 167 cm³/mol. The summed E-state index contributed by atoms with van der Waals surface area (Å²) in [6.45, 7) is 13.2. The van der Waals surface area contributed by atoms with Gasteiger partial charge in [-0.2, -0.15) is 0 Å². The first kappa shape index (κ1) is 32.6. The molecule has 42 heavy (non-hydrogen) atoms. The molecule has 2 bridgehead atoms. The molecular weight excluding hydrogens is 530 g/mol. The number of benzene rings is 1. The van der Waals surface area contributed by atoms with E-state index in [1.807, 2.05) is 40.8 Å². The second-order valence-electron chi connectivity index (χ2n) is 12.7. The molecular formula is C34H51N3O5. The lowest BCUT2D eigenvalue weighted by Gasteiger charge is -2.61. The average Bonchev–Trinajstić information content (AvgIpc) is 3.60. The van der Waals surface area contributed by atoms with Crippen molar-refractivity contribution >= 4 is 22.9 Å². The number of aliphatic hydroxyl groups is 2. The third-order valence-electron chi connectivity index (χ3n) is 9.96. The monoisotopic (exact) mass is 581 g/mol. The van der Waals surface area contributed by atoms with Gasteiger partial charge in [0.05, 0.1) is 23.5 Å². The van der Waals surface area contributed by atoms with Crippen LogP contribution < -0.4 is 5.32 Å². The Hall–Kier alpha value is -2.36. The molecule has 7 rings (SSSR count). The van der Waals surface area contributed by atoms with Crippen LogP contribution in [0.1, 0.15) is 90.8 Å². The van der Waals surface area contributed by atoms with Crippen molar-refractivity contribution in [2.75, 3.05) is 20.2 Å². The van der Waals surface area contributed by atoms with Gasteiger partial charge in [-0.05, 0) is 83.2 Å². The number of hydrogen-bond donors (Lipinski definition) is 5. The fourth-order valence-electron chi connectivity index (χ4n) is 8.26. The van der Waals surface area contributed by atoms with Crippen molar-refractivity contribution in [2.45, 2.75) is 109 Å². The molecule has 8 nitrogen and oxygen atoms in total. The highest BCUT2D eigenvalue weighted by molar-refractivity contribution is 5.99. The molecule has 3 aliphatic carbocycles. The summed E-state index contributed by atoms with van der Waals surface area (Å²) in [5.74, 6) is -0.0709. The van der Waals surface area contributed by atoms with Crippen molar-refractivity contribution in [3.63, 3.8) is 0 Å². The molecule has 0 radical (unpaired) electrons. The standard InChI is InChI=1S/C26H30N2O3.C4H11N.C2H4O2.C2H6/c1-23(2)22-17(27)13-19-25(29)9-8-14-12-16-15-6-4-5-7-18(15)28-21(16)20(14)24(25,3)10-11-26(19,30-22)31-23;1-3-4-5-2;3-1-2-4;1-2/h4-7,13-14,20,22,27-29H,8-12H2,1-3H3;5H,3-4H2,1-2H3;1,4H,2H2;1-2H3/t14?,20?,22?,24?,25-,26?;;;/m1.../s1. The molecule has 1 spiro atoms. The van der Waals surface area contributed by atoms with Crippen LogP contribution >= 0.6 is 0 Å². The lowest BCUT2D eigenvalue weighted by atomic mass is 9.48. The first-order chi connectivity index (χ1) is 20.0. The summed E-state index contributed by atoms with van der Waals surface area (Å²) >= 11 is 0. The number of aliphatic hydroxyl groups excluding tert-OH is 1. The number of H-pyrrole nitrogens is 1. The van der Waals surface area contributed by atoms with Crippen molar-refractivity contribution in [1.82, 2.24) is 10.3 Å². The topological polar surface area (TPSA) is 128 Å². The molecule has 6 atom stereocenters. The Morgan fingerprint density at radius 3 is 2.48 bits per heavy atom. The molecule has 2 saturated carbocycles. The van der Waals surface area contributed by atoms with Crippen LogP contribution in [0.2, 0.25) is 0 Å². The highest BCUT2D eigenvalue weighted by Gasteiger charge is 2.71. The number of rotatable bonds is 3. The van der Waals surface area contributed by atoms with Gasteiger partial charge in [0, 0.05) is 39.9 Å². The minimum absolute atomic E-state index is 0.272. The largest absolute Gasteiger partial charge is 0.389 e. The van der Waals surface area contributed by atoms with Crippen molar-refractivity contribution in [2.24, 2.45) is 11.3 Å². The van der Waals surface area contributed by atoms with E-state index in [0.717, 1.165) is 37.8 Å². The summed E-state index contributed by atoms with van der Waals surface area (Å²) in [7, 11) is 1.96. The summed E-state index contributed by atoms with van der Waals surface area (Å²) in [6, 6.07) is 8.58. The molecule has 1 saturated heterocycles. The average molecular weight is 582 g/mol. The van der Waals surface area contributed by atoms with E-state index in [9.17, 15) is 5.11 Å². The third-order valence-corrected chi connectivity index (χ3v) is 9.96. The molecule has 3 fully saturated rings. The van der Waals surface area contributed by atoms with Crippen LogP contribution in [-0.2, 0) is 20.7 Å². The summed E-state index contributed by atoms with van der Waals surface area (Å²) in [6.07, 6.45) is 7.52. The second kappa shape index (κ2) is 12.3. The van der Waals surface area contributed by atoms with Gasteiger partial charge in [-0.1, -0.05) is 45.9 Å². The van der Waals surface area contributed by atoms with E-state index in [1.54, 1.807) is 0 Å². The van der Waals surface area contributed by atoms with Crippen LogP contribution in [0.5, 0.6) is 0 Å². The number of aromatic amines is 1. The molecule has 232 valence electrons. The number of carbonyl (C=O) groups is 1. The minimum Gasteiger partial charge on any atom is -0.389 e. The summed E-state index contributed by atoms with van der Waals surface area (Å²) in [4.78, 5) is 12.7. The Balaban J connectivity index is 0.000000322. The van der Waals surface area contributed by atoms with Gasteiger partial charge in [0.2, 0.25) is 0 Å². The molecule has 0 amide bonds. The molecule has 2 aromatic rings. The zero-order chi connectivity index (χ0) is 30.9. The van der Waals surface area contributed by atoms with Crippen LogP contribution in [0, 0.1) is 16.7 Å². The van der Waals surface area contributed by atoms with Gasteiger partial charge in [-0.15, -0.1) is 0 Å². The maximum Gasteiger partial charge on any atom is 0.195 e. The van der Waals surface area contributed by atoms with Gasteiger partial charge >= 0.3 is 0 Å². The van der Waals surface area contributed by atoms with Crippen LogP contribution in [-0.4, -0.2) is 70.5 Å². The maximum atomic E-state index is 12.5. The first-order valence-electron chi connectivity index (χ1n) is 15.7. The number of hydrogen-bond acceptors (Lipinski definition) is 7. The van der Waals surface area contributed by atoms with E-state index in [4.69, 9.17) is 24.8 Å². The van der Waals surface area contributed by atoms with Gasteiger partial charge in [0.1, 0.15) is 12.4 Å². The number of nitrogens with one attached hydrogen (secondary N) is 3. The van der Waals surface area contributed by atoms with Crippen molar-refractivity contribution in [1.29, 1.82) is 5.41 Å². The SMILES string of the molecule is CC.CC1(C)OC23CCC4(C)C5c6[nH]c7ccccc7c6CC5CC[C@@]4(O)C2=CC(=N)C1O3.CCCNC.O=CCO. The van der Waals surface area contributed by atoms with Gasteiger partial charge in [-0.25, -0.2) is 0 Å². The molecule has 5 unspecified atom stereocenters. The maximum absolute atomic E-state index is 12.5. The molecule has 5 aliphatic rings. The lowest BCUT2D eigenvalue weighted by Crippen LogP contribution is -2.64. The van der Waals surface area contributed by atoms with Gasteiger partial charge in [0.25, 0.3) is 0 Å². The predicted octanol–water partition coefficient (Wildman–Crippen LogP) is 5.42. The molecule has 5 N–H and O–H groups in total. The van der Waals surface area contributed by atoms with Crippen LogP contribution in [0.25, 0.3) is 10.9 Å². The van der Waals surface area contributed by atoms with E-state index < -0.39 is 17.0 Å². The van der Waals surface area contributed by atoms with E-state index in [0.29, 0.717) is 24.3 Å². The van der Waals surface area contributed by atoms with E-state index >= 15 is 0 Å². The summed E-state index contributed by atoms with van der Waals surface area (Å²) < 4.78 is 12.9. The summed E-state index contributed by atoms with van der Waals surface area (Å²) in [5.41, 5.74) is 3.25. The van der Waals surface area contributed by atoms with Gasteiger partial charge in [0.15, 0.2) is 5.79 Å². The first-order valence-corrected chi connectivity index (χ1v) is 15.7. The highest BCUT2D eigenvalue weighted by atomic mass is 16.8. The number of aromatic nitrogens is 1. The normalized spacial score (nSPS) is 34.5. The molecule has 2 aliphatic heterocycles. The van der Waals surface area contributed by atoms with Crippen molar-refractivity contribution < 1.29 is 24.5 Å². The van der Waals surface area contributed by atoms with Gasteiger partial charge in [-0.3, -0.25) is 0 Å². The highest BCUT2D eigenvalue weighted by Crippen LogP contribution is 2.69. The van der Waals surface area contributed by atoms with E-state index in [1.165, 1.54) is 28.6 Å².